The summed E-state index contributed by atoms with van der Waals surface area (Å²) in [7, 11) is -4.10. The zero-order chi connectivity index (χ0) is 30.4. The van der Waals surface area contributed by atoms with Gasteiger partial charge in [0.2, 0.25) is 11.8 Å². The second kappa shape index (κ2) is 13.6. The van der Waals surface area contributed by atoms with E-state index in [0.717, 1.165) is 53.5 Å². The maximum Gasteiger partial charge on any atom is 0.264 e. The second-order valence-corrected chi connectivity index (χ2v) is 13.5. The Bertz CT molecular complexity index is 1490. The number of anilines is 1. The largest absolute Gasteiger partial charge is 0.352 e. The molecule has 0 bridgehead atoms. The van der Waals surface area contributed by atoms with Crippen molar-refractivity contribution in [2.45, 2.75) is 90.2 Å². The van der Waals surface area contributed by atoms with E-state index in [0.29, 0.717) is 5.69 Å². The van der Waals surface area contributed by atoms with Gasteiger partial charge in [0.25, 0.3) is 10.0 Å². The minimum atomic E-state index is -4.10. The smallest absolute Gasteiger partial charge is 0.264 e. The molecule has 0 radical (unpaired) electrons. The van der Waals surface area contributed by atoms with Crippen LogP contribution in [0.25, 0.3) is 0 Å². The second-order valence-electron chi connectivity index (χ2n) is 11.6. The van der Waals surface area contributed by atoms with Crippen molar-refractivity contribution in [1.82, 2.24) is 10.2 Å². The summed E-state index contributed by atoms with van der Waals surface area (Å²) in [5, 5.41) is 3.15. The van der Waals surface area contributed by atoms with Gasteiger partial charge in [0, 0.05) is 12.6 Å². The van der Waals surface area contributed by atoms with Crippen molar-refractivity contribution < 1.29 is 18.0 Å². The minimum Gasteiger partial charge on any atom is -0.352 e. The number of sulfonamides is 1. The van der Waals surface area contributed by atoms with E-state index in [1.165, 1.54) is 15.6 Å². The first kappa shape index (κ1) is 31.3. The number of rotatable bonds is 10. The molecule has 0 heterocycles. The Morgan fingerprint density at radius 1 is 0.833 bits per heavy atom. The molecule has 1 atom stereocenters. The number of carbonyl (C=O) groups excluding carboxylic acids is 2. The summed E-state index contributed by atoms with van der Waals surface area (Å²) in [6.45, 7) is 9.08. The van der Waals surface area contributed by atoms with Crippen LogP contribution in [-0.4, -0.2) is 43.8 Å². The zero-order valence-corrected chi connectivity index (χ0v) is 26.2. The highest BCUT2D eigenvalue weighted by atomic mass is 32.2. The van der Waals surface area contributed by atoms with Crippen molar-refractivity contribution in [2.75, 3.05) is 10.8 Å². The third-order valence-electron chi connectivity index (χ3n) is 8.11. The fourth-order valence-electron chi connectivity index (χ4n) is 5.38. The highest BCUT2D eigenvalue weighted by Crippen LogP contribution is 2.29. The summed E-state index contributed by atoms with van der Waals surface area (Å²) in [4.78, 5) is 29.3. The quantitative estimate of drug-likeness (QED) is 0.315. The van der Waals surface area contributed by atoms with Gasteiger partial charge in [0.15, 0.2) is 0 Å². The minimum absolute atomic E-state index is 0.0957. The number of nitrogens with zero attached hydrogens (tertiary/aromatic N) is 2. The van der Waals surface area contributed by atoms with Crippen LogP contribution in [-0.2, 0) is 26.2 Å². The first-order valence-corrected chi connectivity index (χ1v) is 16.2. The number of hydrogen-bond donors (Lipinski definition) is 1. The molecular formula is C34H43N3O4S. The molecule has 2 amide bonds. The molecule has 0 spiro atoms. The molecule has 224 valence electrons. The average molecular weight is 590 g/mol. The molecule has 3 aromatic carbocycles. The highest BCUT2D eigenvalue weighted by Gasteiger charge is 2.33. The third kappa shape index (κ3) is 7.59. The number of carbonyl (C=O) groups is 2. The Balaban J connectivity index is 1.70. The van der Waals surface area contributed by atoms with E-state index in [1.54, 1.807) is 37.3 Å². The molecule has 1 aliphatic rings. The number of benzene rings is 3. The summed E-state index contributed by atoms with van der Waals surface area (Å²) in [5.41, 5.74) is 4.95. The fourth-order valence-corrected chi connectivity index (χ4v) is 6.85. The van der Waals surface area contributed by atoms with E-state index in [-0.39, 0.29) is 23.4 Å². The summed E-state index contributed by atoms with van der Waals surface area (Å²) in [6.07, 6.45) is 5.18. The van der Waals surface area contributed by atoms with E-state index < -0.39 is 28.5 Å². The van der Waals surface area contributed by atoms with Gasteiger partial charge in [-0.05, 0) is 82.3 Å². The van der Waals surface area contributed by atoms with Crippen molar-refractivity contribution >= 4 is 27.5 Å². The topological polar surface area (TPSA) is 86.8 Å². The molecule has 3 aromatic rings. The van der Waals surface area contributed by atoms with Gasteiger partial charge in [-0.25, -0.2) is 8.42 Å². The van der Waals surface area contributed by atoms with E-state index in [4.69, 9.17) is 0 Å². The van der Waals surface area contributed by atoms with Gasteiger partial charge in [-0.1, -0.05) is 78.9 Å². The Kier molecular flexibility index (Phi) is 10.1. The Morgan fingerprint density at radius 3 is 2.02 bits per heavy atom. The summed E-state index contributed by atoms with van der Waals surface area (Å²) < 4.78 is 29.4. The Labute approximate surface area is 251 Å². The molecule has 1 saturated carbocycles. The predicted octanol–water partition coefficient (Wildman–Crippen LogP) is 5.98. The molecule has 1 fully saturated rings. The normalized spacial score (nSPS) is 14.7. The van der Waals surface area contributed by atoms with E-state index in [9.17, 15) is 18.0 Å². The van der Waals surface area contributed by atoms with Crippen molar-refractivity contribution in [3.05, 3.63) is 94.5 Å². The lowest BCUT2D eigenvalue weighted by Crippen LogP contribution is -2.53. The van der Waals surface area contributed by atoms with Gasteiger partial charge in [-0.2, -0.15) is 0 Å². The molecule has 1 N–H and O–H groups in total. The van der Waals surface area contributed by atoms with Crippen LogP contribution in [0.3, 0.4) is 0 Å². The van der Waals surface area contributed by atoms with Crippen LogP contribution >= 0.6 is 0 Å². The van der Waals surface area contributed by atoms with Crippen LogP contribution in [0.4, 0.5) is 5.69 Å². The molecule has 42 heavy (non-hydrogen) atoms. The van der Waals surface area contributed by atoms with Crippen LogP contribution in [0.2, 0.25) is 0 Å². The van der Waals surface area contributed by atoms with Gasteiger partial charge in [0.05, 0.1) is 10.6 Å². The first-order chi connectivity index (χ1) is 20.0. The van der Waals surface area contributed by atoms with Gasteiger partial charge in [-0.3, -0.25) is 13.9 Å². The van der Waals surface area contributed by atoms with E-state index >= 15 is 0 Å². The van der Waals surface area contributed by atoms with Crippen molar-refractivity contribution in [3.63, 3.8) is 0 Å². The molecule has 4 rings (SSSR count). The van der Waals surface area contributed by atoms with Crippen molar-refractivity contribution in [1.29, 1.82) is 0 Å². The monoisotopic (exact) mass is 589 g/mol. The molecule has 0 saturated heterocycles. The third-order valence-corrected chi connectivity index (χ3v) is 9.89. The van der Waals surface area contributed by atoms with Crippen LogP contribution in [0, 0.1) is 27.7 Å². The molecule has 1 unspecified atom stereocenters. The van der Waals surface area contributed by atoms with Gasteiger partial charge >= 0.3 is 0 Å². The maximum atomic E-state index is 14.2. The van der Waals surface area contributed by atoms with Crippen LogP contribution in [0.15, 0.2) is 71.6 Å². The molecule has 1 aliphatic carbocycles. The van der Waals surface area contributed by atoms with Gasteiger partial charge in [0.1, 0.15) is 12.6 Å². The molecule has 0 aliphatic heterocycles. The summed E-state index contributed by atoms with van der Waals surface area (Å²) >= 11 is 0. The number of nitrogens with one attached hydrogen (secondary N) is 1. The van der Waals surface area contributed by atoms with Crippen LogP contribution < -0.4 is 9.62 Å². The highest BCUT2D eigenvalue weighted by molar-refractivity contribution is 7.92. The van der Waals surface area contributed by atoms with E-state index in [2.05, 4.69) is 5.32 Å². The maximum absolute atomic E-state index is 14.2. The molecule has 7 nitrogen and oxygen atoms in total. The Morgan fingerprint density at radius 2 is 1.40 bits per heavy atom. The predicted molar refractivity (Wildman–Crippen MR) is 168 cm³/mol. The lowest BCUT2D eigenvalue weighted by molar-refractivity contribution is -0.139. The average Bonchev–Trinajstić information content (AvgIpc) is 2.97. The molecular weight excluding hydrogens is 546 g/mol. The number of amides is 2. The van der Waals surface area contributed by atoms with Crippen molar-refractivity contribution in [2.24, 2.45) is 0 Å². The van der Waals surface area contributed by atoms with Crippen molar-refractivity contribution in [3.8, 4) is 0 Å². The number of aryl methyl sites for hydroxylation is 4. The fraction of sp³-hybridized carbons (Fsp3) is 0.412. The lowest BCUT2D eigenvalue weighted by atomic mass is 9.95. The summed E-state index contributed by atoms with van der Waals surface area (Å²) in [5.74, 6) is -0.666. The Hall–Kier alpha value is -3.65. The van der Waals surface area contributed by atoms with Gasteiger partial charge in [-0.15, -0.1) is 0 Å². The van der Waals surface area contributed by atoms with Crippen LogP contribution in [0.1, 0.15) is 66.8 Å². The van der Waals surface area contributed by atoms with E-state index in [1.807, 2.05) is 64.1 Å². The SMILES string of the molecule is Cc1ccc(CN(C(=O)CN(c2cc(C)ccc2C)S(=O)(=O)c2ccc(C)cc2)C(C)C(=O)NC2CCCCC2)cc1. The molecule has 0 aromatic heterocycles. The van der Waals surface area contributed by atoms with Gasteiger partial charge < -0.3 is 10.2 Å². The summed E-state index contributed by atoms with van der Waals surface area (Å²) in [6, 6.07) is 19.3. The first-order valence-electron chi connectivity index (χ1n) is 14.8. The van der Waals surface area contributed by atoms with Crippen LogP contribution in [0.5, 0.6) is 0 Å². The lowest BCUT2D eigenvalue weighted by Gasteiger charge is -2.33. The molecule has 8 heteroatoms. The number of hydrogen-bond acceptors (Lipinski definition) is 4. The zero-order valence-electron chi connectivity index (χ0n) is 25.4. The standard InChI is InChI=1S/C34H43N3O4S/c1-24-12-17-29(18-13-24)22-36(28(5)34(39)35-30-9-7-6-8-10-30)33(38)23-37(32-21-26(3)11-16-27(32)4)42(40,41)31-19-14-25(2)15-20-31/h11-21,28,30H,6-10,22-23H2,1-5H3,(H,35,39).